The summed E-state index contributed by atoms with van der Waals surface area (Å²) in [7, 11) is 0. The third-order valence-electron chi connectivity index (χ3n) is 3.58. The van der Waals surface area contributed by atoms with E-state index in [1.807, 2.05) is 30.0 Å². The van der Waals surface area contributed by atoms with Gasteiger partial charge in [0.05, 0.1) is 6.04 Å². The van der Waals surface area contributed by atoms with Crippen LogP contribution in [0.3, 0.4) is 0 Å². The van der Waals surface area contributed by atoms with E-state index in [0.717, 1.165) is 29.8 Å². The van der Waals surface area contributed by atoms with Crippen molar-refractivity contribution in [1.29, 1.82) is 0 Å². The lowest BCUT2D eigenvalue weighted by Gasteiger charge is -2.27. The molecule has 0 spiro atoms. The molecule has 1 aromatic carbocycles. The van der Waals surface area contributed by atoms with Crippen molar-refractivity contribution in [3.05, 3.63) is 29.3 Å². The van der Waals surface area contributed by atoms with E-state index in [4.69, 9.17) is 11.5 Å². The maximum Gasteiger partial charge on any atom is 0.224 e. The van der Waals surface area contributed by atoms with Crippen LogP contribution in [0.4, 0.5) is 5.69 Å². The maximum atomic E-state index is 11.9. The van der Waals surface area contributed by atoms with Crippen LogP contribution in [0, 0.1) is 6.92 Å². The van der Waals surface area contributed by atoms with Crippen molar-refractivity contribution in [3.63, 3.8) is 0 Å². The van der Waals surface area contributed by atoms with E-state index >= 15 is 0 Å². The zero-order valence-electron chi connectivity index (χ0n) is 11.0. The van der Waals surface area contributed by atoms with Crippen molar-refractivity contribution in [2.75, 3.05) is 12.3 Å². The van der Waals surface area contributed by atoms with Crippen LogP contribution in [0.15, 0.2) is 18.2 Å². The van der Waals surface area contributed by atoms with Crippen LogP contribution in [0.2, 0.25) is 0 Å². The SMILES string of the molecule is CCCN1C(=O)CC(N)C1c1ccc(C)c(N)c1. The molecular formula is C14H21N3O. The second-order valence-corrected chi connectivity index (χ2v) is 5.02. The Kier molecular flexibility index (Phi) is 3.57. The van der Waals surface area contributed by atoms with Crippen molar-refractivity contribution in [3.8, 4) is 0 Å². The van der Waals surface area contributed by atoms with Gasteiger partial charge in [0.1, 0.15) is 0 Å². The number of aryl methyl sites for hydroxylation is 1. The lowest BCUT2D eigenvalue weighted by molar-refractivity contribution is -0.129. The molecule has 0 aromatic heterocycles. The topological polar surface area (TPSA) is 72.3 Å². The fourth-order valence-corrected chi connectivity index (χ4v) is 2.59. The molecule has 1 saturated heterocycles. The molecule has 4 heteroatoms. The zero-order valence-corrected chi connectivity index (χ0v) is 11.0. The first-order valence-corrected chi connectivity index (χ1v) is 6.45. The van der Waals surface area contributed by atoms with Crippen LogP contribution >= 0.6 is 0 Å². The first-order chi connectivity index (χ1) is 8.54. The van der Waals surface area contributed by atoms with Crippen LogP contribution in [-0.4, -0.2) is 23.4 Å². The Morgan fingerprint density at radius 3 is 2.78 bits per heavy atom. The average molecular weight is 247 g/mol. The van der Waals surface area contributed by atoms with E-state index in [2.05, 4.69) is 6.92 Å². The molecule has 0 aliphatic carbocycles. The van der Waals surface area contributed by atoms with Crippen LogP contribution in [0.25, 0.3) is 0 Å². The second-order valence-electron chi connectivity index (χ2n) is 5.02. The van der Waals surface area contributed by atoms with Gasteiger partial charge >= 0.3 is 0 Å². The maximum absolute atomic E-state index is 11.9. The Bertz CT molecular complexity index is 458. The third kappa shape index (κ3) is 2.20. The van der Waals surface area contributed by atoms with E-state index in [0.29, 0.717) is 6.42 Å². The van der Waals surface area contributed by atoms with Crippen molar-refractivity contribution < 1.29 is 4.79 Å². The molecule has 18 heavy (non-hydrogen) atoms. The van der Waals surface area contributed by atoms with Gasteiger partial charge in [-0.05, 0) is 30.5 Å². The minimum Gasteiger partial charge on any atom is -0.399 e. The summed E-state index contributed by atoms with van der Waals surface area (Å²) >= 11 is 0. The van der Waals surface area contributed by atoms with Crippen molar-refractivity contribution in [1.82, 2.24) is 4.90 Å². The Morgan fingerprint density at radius 1 is 1.44 bits per heavy atom. The van der Waals surface area contributed by atoms with Gasteiger partial charge in [-0.2, -0.15) is 0 Å². The largest absolute Gasteiger partial charge is 0.399 e. The predicted molar refractivity (Wildman–Crippen MR) is 72.9 cm³/mol. The summed E-state index contributed by atoms with van der Waals surface area (Å²) in [6, 6.07) is 5.80. The summed E-state index contributed by atoms with van der Waals surface area (Å²) in [5.41, 5.74) is 14.9. The second kappa shape index (κ2) is 4.98. The van der Waals surface area contributed by atoms with Crippen LogP contribution < -0.4 is 11.5 Å². The number of benzene rings is 1. The number of nitrogen functional groups attached to an aromatic ring is 1. The molecular weight excluding hydrogens is 226 g/mol. The highest BCUT2D eigenvalue weighted by atomic mass is 16.2. The summed E-state index contributed by atoms with van der Waals surface area (Å²) < 4.78 is 0. The molecule has 4 N–H and O–H groups in total. The number of likely N-dealkylation sites (tertiary alicyclic amines) is 1. The van der Waals surface area contributed by atoms with Gasteiger partial charge in [0.2, 0.25) is 5.91 Å². The fourth-order valence-electron chi connectivity index (χ4n) is 2.59. The predicted octanol–water partition coefficient (Wildman–Crippen LogP) is 1.59. The molecule has 0 bridgehead atoms. The average Bonchev–Trinajstić information content (AvgIpc) is 2.59. The molecule has 1 fully saturated rings. The molecule has 2 unspecified atom stereocenters. The number of nitrogens with two attached hydrogens (primary N) is 2. The van der Waals surface area contributed by atoms with Gasteiger partial charge in [-0.15, -0.1) is 0 Å². The summed E-state index contributed by atoms with van der Waals surface area (Å²) in [6.45, 7) is 4.80. The molecule has 1 aliphatic heterocycles. The number of nitrogens with zero attached hydrogens (tertiary/aromatic N) is 1. The standard InChI is InChI=1S/C14H21N3O/c1-3-6-17-13(18)8-12(16)14(17)10-5-4-9(2)11(15)7-10/h4-5,7,12,14H,3,6,8,15-16H2,1-2H3. The molecule has 1 aromatic rings. The number of carbonyl (C=O) groups is 1. The Hall–Kier alpha value is -1.55. The molecule has 1 aliphatic rings. The molecule has 0 radical (unpaired) electrons. The number of hydrogen-bond donors (Lipinski definition) is 2. The van der Waals surface area contributed by atoms with Crippen LogP contribution in [0.1, 0.15) is 36.9 Å². The molecule has 0 saturated carbocycles. The van der Waals surface area contributed by atoms with Crippen molar-refractivity contribution in [2.24, 2.45) is 5.73 Å². The van der Waals surface area contributed by atoms with Gasteiger partial charge in [-0.25, -0.2) is 0 Å². The molecule has 1 amide bonds. The van der Waals surface area contributed by atoms with Gasteiger partial charge < -0.3 is 16.4 Å². The number of rotatable bonds is 3. The van der Waals surface area contributed by atoms with Gasteiger partial charge in [0.25, 0.3) is 0 Å². The van der Waals surface area contributed by atoms with E-state index in [1.54, 1.807) is 0 Å². The van der Waals surface area contributed by atoms with E-state index in [1.165, 1.54) is 0 Å². The Morgan fingerprint density at radius 2 is 2.17 bits per heavy atom. The van der Waals surface area contributed by atoms with Gasteiger partial charge in [0.15, 0.2) is 0 Å². The first-order valence-electron chi connectivity index (χ1n) is 6.45. The van der Waals surface area contributed by atoms with Crippen LogP contribution in [-0.2, 0) is 4.79 Å². The summed E-state index contributed by atoms with van der Waals surface area (Å²) in [5, 5.41) is 0. The molecule has 4 nitrogen and oxygen atoms in total. The van der Waals surface area contributed by atoms with E-state index < -0.39 is 0 Å². The normalized spacial score (nSPS) is 23.7. The Balaban J connectivity index is 2.34. The van der Waals surface area contributed by atoms with Crippen LogP contribution in [0.5, 0.6) is 0 Å². The highest BCUT2D eigenvalue weighted by molar-refractivity contribution is 5.80. The summed E-state index contributed by atoms with van der Waals surface area (Å²) in [5.74, 6) is 0.147. The number of amides is 1. The van der Waals surface area contributed by atoms with Crippen molar-refractivity contribution >= 4 is 11.6 Å². The lowest BCUT2D eigenvalue weighted by atomic mass is 9.98. The summed E-state index contributed by atoms with van der Waals surface area (Å²) in [6.07, 6.45) is 1.37. The third-order valence-corrected chi connectivity index (χ3v) is 3.58. The quantitative estimate of drug-likeness (QED) is 0.797. The van der Waals surface area contributed by atoms with Gasteiger partial charge in [-0.3, -0.25) is 4.79 Å². The molecule has 1 heterocycles. The lowest BCUT2D eigenvalue weighted by Crippen LogP contribution is -2.33. The Labute approximate surface area is 108 Å². The summed E-state index contributed by atoms with van der Waals surface area (Å²) in [4.78, 5) is 13.8. The zero-order chi connectivity index (χ0) is 13.3. The van der Waals surface area contributed by atoms with Crippen molar-refractivity contribution in [2.45, 2.75) is 38.8 Å². The monoisotopic (exact) mass is 247 g/mol. The molecule has 2 atom stereocenters. The fraction of sp³-hybridized carbons (Fsp3) is 0.500. The number of anilines is 1. The minimum absolute atomic E-state index is 0.0275. The van der Waals surface area contributed by atoms with E-state index in [9.17, 15) is 4.79 Å². The highest BCUT2D eigenvalue weighted by Gasteiger charge is 2.37. The minimum atomic E-state index is -0.133. The molecule has 98 valence electrons. The van der Waals surface area contributed by atoms with Gasteiger partial charge in [0, 0.05) is 24.7 Å². The highest BCUT2D eigenvalue weighted by Crippen LogP contribution is 2.33. The van der Waals surface area contributed by atoms with Gasteiger partial charge in [-0.1, -0.05) is 19.1 Å². The number of hydrogen-bond acceptors (Lipinski definition) is 3. The smallest absolute Gasteiger partial charge is 0.224 e. The molecule has 2 rings (SSSR count). The van der Waals surface area contributed by atoms with E-state index in [-0.39, 0.29) is 18.0 Å². The number of carbonyl (C=O) groups excluding carboxylic acids is 1. The first kappa shape index (κ1) is 12.9.